The third kappa shape index (κ3) is 2.58. The van der Waals surface area contributed by atoms with E-state index in [1.54, 1.807) is 19.5 Å². The molecule has 0 atom stereocenters. The van der Waals surface area contributed by atoms with Crippen LogP contribution in [0.15, 0.2) is 48.0 Å². The predicted octanol–water partition coefficient (Wildman–Crippen LogP) is 3.10. The minimum Gasteiger partial charge on any atom is -0.495 e. The van der Waals surface area contributed by atoms with Crippen LogP contribution in [0, 0.1) is 0 Å². The van der Waals surface area contributed by atoms with Gasteiger partial charge in [0.25, 0.3) is 0 Å². The fourth-order valence-corrected chi connectivity index (χ4v) is 3.21. The summed E-state index contributed by atoms with van der Waals surface area (Å²) < 4.78 is 5.56. The molecule has 3 aromatic heterocycles. The van der Waals surface area contributed by atoms with E-state index in [1.807, 2.05) is 30.5 Å². The minimum absolute atomic E-state index is 0.584. The van der Waals surface area contributed by atoms with Gasteiger partial charge in [-0.05, 0) is 35.4 Å². The summed E-state index contributed by atoms with van der Waals surface area (Å²) >= 11 is 0. The monoisotopic (exact) mass is 357 g/mol. The highest BCUT2D eigenvalue weighted by Crippen LogP contribution is 2.35. The zero-order chi connectivity index (χ0) is 18.2. The Bertz CT molecular complexity index is 1170. The molecule has 27 heavy (non-hydrogen) atoms. The third-order valence-electron chi connectivity index (χ3n) is 4.53. The normalized spacial score (nSPS) is 12.3. The largest absolute Gasteiger partial charge is 0.495 e. The maximum absolute atomic E-state index is 5.56. The van der Waals surface area contributed by atoms with Gasteiger partial charge >= 0.3 is 0 Å². The number of nitrogens with zero attached hydrogens (tertiary/aromatic N) is 5. The molecular formula is C19H15N7O. The van der Waals surface area contributed by atoms with Crippen molar-refractivity contribution in [3.05, 3.63) is 54.1 Å². The number of benzene rings is 1. The molecule has 0 amide bonds. The van der Waals surface area contributed by atoms with Crippen LogP contribution in [0.1, 0.15) is 11.1 Å². The van der Waals surface area contributed by atoms with Crippen LogP contribution >= 0.6 is 0 Å². The topological polar surface area (TPSA) is 101 Å². The summed E-state index contributed by atoms with van der Waals surface area (Å²) in [4.78, 5) is 17.1. The van der Waals surface area contributed by atoms with E-state index in [0.29, 0.717) is 18.0 Å². The molecule has 0 spiro atoms. The highest BCUT2D eigenvalue weighted by Gasteiger charge is 2.17. The van der Waals surface area contributed by atoms with Crippen molar-refractivity contribution in [2.24, 2.45) is 4.99 Å². The second kappa shape index (κ2) is 6.17. The van der Waals surface area contributed by atoms with Crippen molar-refractivity contribution in [2.75, 3.05) is 12.4 Å². The van der Waals surface area contributed by atoms with E-state index in [9.17, 15) is 0 Å². The first-order valence-electron chi connectivity index (χ1n) is 8.40. The lowest BCUT2D eigenvalue weighted by molar-refractivity contribution is 0.416. The Hall–Kier alpha value is -3.81. The average Bonchev–Trinajstić information content (AvgIpc) is 3.35. The van der Waals surface area contributed by atoms with Crippen molar-refractivity contribution in [1.82, 2.24) is 25.1 Å². The van der Waals surface area contributed by atoms with Gasteiger partial charge in [0.15, 0.2) is 5.65 Å². The Morgan fingerprint density at radius 1 is 1.15 bits per heavy atom. The van der Waals surface area contributed by atoms with E-state index >= 15 is 0 Å². The first kappa shape index (κ1) is 15.4. The molecule has 0 radical (unpaired) electrons. The van der Waals surface area contributed by atoms with Gasteiger partial charge in [0.2, 0.25) is 0 Å². The molecular weight excluding hydrogens is 342 g/mol. The van der Waals surface area contributed by atoms with Crippen LogP contribution in [0.2, 0.25) is 0 Å². The van der Waals surface area contributed by atoms with Gasteiger partial charge in [-0.2, -0.15) is 5.10 Å². The lowest BCUT2D eigenvalue weighted by Gasteiger charge is -2.13. The van der Waals surface area contributed by atoms with Crippen LogP contribution in [-0.2, 0) is 6.54 Å². The smallest absolute Gasteiger partial charge is 0.186 e. The van der Waals surface area contributed by atoms with Gasteiger partial charge in [0.05, 0.1) is 30.4 Å². The molecule has 132 valence electrons. The molecule has 8 heteroatoms. The number of ether oxygens (including phenoxy) is 1. The molecule has 2 N–H and O–H groups in total. The second-order valence-corrected chi connectivity index (χ2v) is 6.10. The first-order chi connectivity index (χ1) is 13.3. The van der Waals surface area contributed by atoms with Crippen LogP contribution in [0.3, 0.4) is 0 Å². The SMILES string of the molecule is COc1cc2c(cc1Nc1ncnc3n[nH]c(-c4ccncc4)c13)C=NC2. The maximum Gasteiger partial charge on any atom is 0.186 e. The standard InChI is InChI=1S/C19H15N7O/c1-27-15-7-13-9-21-8-12(13)6-14(15)24-18-16-17(11-2-4-20-5-3-11)25-26-19(16)23-10-22-18/h2-8,10H,9H2,1H3,(H2,22,23,24,25,26). The van der Waals surface area contributed by atoms with Crippen molar-refractivity contribution >= 4 is 28.8 Å². The number of hydrogen-bond acceptors (Lipinski definition) is 7. The quantitative estimate of drug-likeness (QED) is 0.582. The summed E-state index contributed by atoms with van der Waals surface area (Å²) in [7, 11) is 1.65. The Labute approximate surface area is 154 Å². The number of anilines is 2. The predicted molar refractivity (Wildman–Crippen MR) is 102 cm³/mol. The number of fused-ring (bicyclic) bond motifs is 2. The second-order valence-electron chi connectivity index (χ2n) is 6.10. The summed E-state index contributed by atoms with van der Waals surface area (Å²) in [6, 6.07) is 7.85. The highest BCUT2D eigenvalue weighted by molar-refractivity contribution is 6.00. The van der Waals surface area contributed by atoms with Gasteiger partial charge in [-0.25, -0.2) is 9.97 Å². The van der Waals surface area contributed by atoms with Crippen LogP contribution in [-0.4, -0.2) is 38.5 Å². The Morgan fingerprint density at radius 3 is 2.89 bits per heavy atom. The first-order valence-corrected chi connectivity index (χ1v) is 8.40. The van der Waals surface area contributed by atoms with Gasteiger partial charge in [-0.15, -0.1) is 0 Å². The number of nitrogens with one attached hydrogen (secondary N) is 2. The van der Waals surface area contributed by atoms with Crippen molar-refractivity contribution in [2.45, 2.75) is 6.54 Å². The zero-order valence-corrected chi connectivity index (χ0v) is 14.5. The average molecular weight is 357 g/mol. The Kier molecular flexibility index (Phi) is 3.53. The Morgan fingerprint density at radius 2 is 2.04 bits per heavy atom. The summed E-state index contributed by atoms with van der Waals surface area (Å²) in [5.74, 6) is 1.38. The van der Waals surface area contributed by atoms with Crippen molar-refractivity contribution in [1.29, 1.82) is 0 Å². The fourth-order valence-electron chi connectivity index (χ4n) is 3.21. The molecule has 0 bridgehead atoms. The van der Waals surface area contributed by atoms with Crippen molar-refractivity contribution in [3.8, 4) is 17.0 Å². The number of rotatable bonds is 4. The van der Waals surface area contributed by atoms with Crippen LogP contribution in [0.5, 0.6) is 5.75 Å². The lowest BCUT2D eigenvalue weighted by Crippen LogP contribution is -2.00. The van der Waals surface area contributed by atoms with E-state index in [4.69, 9.17) is 4.74 Å². The molecule has 0 saturated heterocycles. The van der Waals surface area contributed by atoms with Crippen LogP contribution in [0.25, 0.3) is 22.3 Å². The highest BCUT2D eigenvalue weighted by atomic mass is 16.5. The van der Waals surface area contributed by atoms with Crippen molar-refractivity contribution < 1.29 is 4.74 Å². The van der Waals surface area contributed by atoms with E-state index in [1.165, 1.54) is 6.33 Å². The summed E-state index contributed by atoms with van der Waals surface area (Å²) in [6.07, 6.45) is 6.84. The number of aromatic nitrogens is 5. The summed E-state index contributed by atoms with van der Waals surface area (Å²) in [6.45, 7) is 0.678. The van der Waals surface area contributed by atoms with E-state index in [-0.39, 0.29) is 0 Å². The van der Waals surface area contributed by atoms with E-state index < -0.39 is 0 Å². The Balaban J connectivity index is 1.64. The molecule has 8 nitrogen and oxygen atoms in total. The molecule has 0 aliphatic carbocycles. The molecule has 0 saturated carbocycles. The number of aliphatic imine (C=N–C) groups is 1. The summed E-state index contributed by atoms with van der Waals surface area (Å²) in [5, 5.41) is 11.5. The van der Waals surface area contributed by atoms with Gasteiger partial charge in [0, 0.05) is 24.2 Å². The molecule has 1 aliphatic rings. The molecule has 0 fully saturated rings. The maximum atomic E-state index is 5.56. The summed E-state index contributed by atoms with van der Waals surface area (Å²) in [5.41, 5.74) is 5.40. The number of H-pyrrole nitrogens is 1. The lowest BCUT2D eigenvalue weighted by atomic mass is 10.1. The zero-order valence-electron chi connectivity index (χ0n) is 14.5. The van der Waals surface area contributed by atoms with Crippen LogP contribution in [0.4, 0.5) is 11.5 Å². The third-order valence-corrected chi connectivity index (χ3v) is 4.53. The van der Waals surface area contributed by atoms with Crippen LogP contribution < -0.4 is 10.1 Å². The molecule has 4 aromatic rings. The van der Waals surface area contributed by atoms with Gasteiger partial charge in [-0.1, -0.05) is 0 Å². The number of methoxy groups -OCH3 is 1. The number of aromatic amines is 1. The minimum atomic E-state index is 0.584. The van der Waals surface area contributed by atoms with E-state index in [2.05, 4.69) is 35.5 Å². The van der Waals surface area contributed by atoms with Gasteiger partial charge < -0.3 is 10.1 Å². The molecule has 1 aromatic carbocycles. The fraction of sp³-hybridized carbons (Fsp3) is 0.105. The van der Waals surface area contributed by atoms with Crippen molar-refractivity contribution in [3.63, 3.8) is 0 Å². The molecule has 1 aliphatic heterocycles. The molecule has 5 rings (SSSR count). The van der Waals surface area contributed by atoms with E-state index in [0.717, 1.165) is 39.2 Å². The molecule has 4 heterocycles. The molecule has 0 unspecified atom stereocenters. The van der Waals surface area contributed by atoms with Gasteiger partial charge in [-0.3, -0.25) is 15.1 Å². The van der Waals surface area contributed by atoms with Gasteiger partial charge in [0.1, 0.15) is 17.9 Å². The number of hydrogen-bond donors (Lipinski definition) is 2. The number of pyridine rings is 1.